The fraction of sp³-hybridized carbons (Fsp3) is 0.391. The topological polar surface area (TPSA) is 72.3 Å². The zero-order valence-electron chi connectivity index (χ0n) is 18.7. The monoisotopic (exact) mass is 414 g/mol. The molecule has 0 aliphatic carbocycles. The van der Waals surface area contributed by atoms with Gasteiger partial charge in [-0.3, -0.25) is 9.59 Å². The van der Waals surface area contributed by atoms with Gasteiger partial charge in [0, 0.05) is 24.8 Å². The molecule has 7 heteroatoms. The highest BCUT2D eigenvalue weighted by atomic mass is 16.5. The van der Waals surface area contributed by atoms with E-state index in [0.717, 1.165) is 27.3 Å². The number of rotatable bonds is 9. The Morgan fingerprint density at radius 3 is 2.40 bits per heavy atom. The van der Waals surface area contributed by atoms with Crippen LogP contribution < -0.4 is 19.7 Å². The molecule has 162 valence electrons. The maximum Gasteiger partial charge on any atom is 0.279 e. The summed E-state index contributed by atoms with van der Waals surface area (Å²) < 4.78 is 10.7. The minimum absolute atomic E-state index is 0.0584. The molecule has 0 heterocycles. The first-order valence-corrected chi connectivity index (χ1v) is 9.88. The van der Waals surface area contributed by atoms with Crippen LogP contribution >= 0.6 is 0 Å². The van der Waals surface area contributed by atoms with Crippen molar-refractivity contribution in [1.29, 1.82) is 0 Å². The molecular formula is C23H32N3O4+. The Kier molecular flexibility index (Phi) is 8.24. The first-order chi connectivity index (χ1) is 14.3. The smallest absolute Gasteiger partial charge is 0.279 e. The summed E-state index contributed by atoms with van der Waals surface area (Å²) >= 11 is 0. The number of nitrogens with zero attached hydrogens (tertiary/aromatic N) is 1. The van der Waals surface area contributed by atoms with Crippen LogP contribution in [0.15, 0.2) is 36.4 Å². The zero-order valence-corrected chi connectivity index (χ0v) is 18.7. The van der Waals surface area contributed by atoms with Crippen LogP contribution in [0, 0.1) is 13.8 Å². The fourth-order valence-corrected chi connectivity index (χ4v) is 3.23. The molecular weight excluding hydrogens is 382 g/mol. The number of hydrogen-bond acceptors (Lipinski definition) is 4. The summed E-state index contributed by atoms with van der Waals surface area (Å²) in [5, 5.41) is 2.94. The summed E-state index contributed by atoms with van der Waals surface area (Å²) in [5.74, 6) is 1.07. The Balaban J connectivity index is 1.92. The third-order valence-electron chi connectivity index (χ3n) is 5.11. The summed E-state index contributed by atoms with van der Waals surface area (Å²) in [6.45, 7) is 4.79. The Bertz CT molecular complexity index is 898. The number of likely N-dealkylation sites (N-methyl/N-ethyl adjacent to an activating group) is 2. The highest BCUT2D eigenvalue weighted by molar-refractivity contribution is 5.92. The Labute approximate surface area is 178 Å². The lowest BCUT2D eigenvalue weighted by atomic mass is 10.1. The molecule has 0 saturated heterocycles. The number of para-hydroxylation sites is 1. The summed E-state index contributed by atoms with van der Waals surface area (Å²) in [6.07, 6.45) is 0. The van der Waals surface area contributed by atoms with E-state index in [1.54, 1.807) is 26.2 Å². The summed E-state index contributed by atoms with van der Waals surface area (Å²) in [6, 6.07) is 11.4. The van der Waals surface area contributed by atoms with Gasteiger partial charge < -0.3 is 24.6 Å². The molecule has 2 aromatic carbocycles. The van der Waals surface area contributed by atoms with Crippen molar-refractivity contribution in [3.05, 3.63) is 53.1 Å². The van der Waals surface area contributed by atoms with Gasteiger partial charge in [-0.1, -0.05) is 24.3 Å². The molecule has 30 heavy (non-hydrogen) atoms. The normalized spacial score (nSPS) is 11.5. The van der Waals surface area contributed by atoms with E-state index < -0.39 is 0 Å². The third-order valence-corrected chi connectivity index (χ3v) is 5.11. The highest BCUT2D eigenvalue weighted by Gasteiger charge is 2.20. The highest BCUT2D eigenvalue weighted by Crippen LogP contribution is 2.31. The first kappa shape index (κ1) is 23.2. The van der Waals surface area contributed by atoms with Crippen LogP contribution in [0.3, 0.4) is 0 Å². The number of anilines is 1. The van der Waals surface area contributed by atoms with E-state index in [1.807, 2.05) is 57.3 Å². The van der Waals surface area contributed by atoms with Crippen molar-refractivity contribution in [3.8, 4) is 11.5 Å². The lowest BCUT2D eigenvalue weighted by Crippen LogP contribution is -3.11. The molecule has 0 radical (unpaired) electrons. The van der Waals surface area contributed by atoms with Gasteiger partial charge in [0.25, 0.3) is 11.8 Å². The number of methoxy groups -OCH3 is 2. The van der Waals surface area contributed by atoms with Crippen molar-refractivity contribution >= 4 is 17.5 Å². The quantitative estimate of drug-likeness (QED) is 0.651. The molecule has 2 aromatic rings. The molecule has 2 amide bonds. The van der Waals surface area contributed by atoms with Crippen molar-refractivity contribution < 1.29 is 24.0 Å². The largest absolute Gasteiger partial charge is 0.493 e. The number of aryl methyl sites for hydroxylation is 1. The number of hydrogen-bond donors (Lipinski definition) is 2. The van der Waals surface area contributed by atoms with Crippen LogP contribution in [0.25, 0.3) is 0 Å². The molecule has 0 aliphatic heterocycles. The molecule has 1 unspecified atom stereocenters. The van der Waals surface area contributed by atoms with E-state index in [0.29, 0.717) is 18.0 Å². The van der Waals surface area contributed by atoms with Gasteiger partial charge in [-0.05, 0) is 37.1 Å². The Morgan fingerprint density at radius 1 is 1.03 bits per heavy atom. The van der Waals surface area contributed by atoms with Gasteiger partial charge in [-0.2, -0.15) is 0 Å². The van der Waals surface area contributed by atoms with Crippen molar-refractivity contribution in [1.82, 2.24) is 4.90 Å². The van der Waals surface area contributed by atoms with Gasteiger partial charge in [-0.25, -0.2) is 0 Å². The molecule has 1 atom stereocenters. The fourth-order valence-electron chi connectivity index (χ4n) is 3.23. The summed E-state index contributed by atoms with van der Waals surface area (Å²) in [7, 11) is 6.74. The molecule has 0 bridgehead atoms. The second kappa shape index (κ2) is 10.6. The second-order valence-electron chi connectivity index (χ2n) is 7.51. The lowest BCUT2D eigenvalue weighted by Gasteiger charge is -2.21. The minimum atomic E-state index is -0.119. The SMILES string of the molecule is COc1cccc(CN(C)C(=O)C[NH+](C)CC(=O)Nc2cccc(C)c2C)c1OC. The second-order valence-corrected chi connectivity index (χ2v) is 7.51. The summed E-state index contributed by atoms with van der Waals surface area (Å²) in [5.41, 5.74) is 3.84. The summed E-state index contributed by atoms with van der Waals surface area (Å²) in [4.78, 5) is 27.5. The van der Waals surface area contributed by atoms with Crippen LogP contribution in [0.1, 0.15) is 16.7 Å². The van der Waals surface area contributed by atoms with Crippen molar-refractivity contribution in [2.24, 2.45) is 0 Å². The van der Waals surface area contributed by atoms with Crippen LogP contribution in [0.5, 0.6) is 11.5 Å². The van der Waals surface area contributed by atoms with Crippen molar-refractivity contribution in [3.63, 3.8) is 0 Å². The van der Waals surface area contributed by atoms with Gasteiger partial charge >= 0.3 is 0 Å². The molecule has 2 N–H and O–H groups in total. The Morgan fingerprint density at radius 2 is 1.73 bits per heavy atom. The predicted molar refractivity (Wildman–Crippen MR) is 117 cm³/mol. The molecule has 2 rings (SSSR count). The number of ether oxygens (including phenoxy) is 2. The molecule has 0 aromatic heterocycles. The van der Waals surface area contributed by atoms with Crippen LogP contribution in [0.4, 0.5) is 5.69 Å². The van der Waals surface area contributed by atoms with Gasteiger partial charge in [-0.15, -0.1) is 0 Å². The number of benzene rings is 2. The zero-order chi connectivity index (χ0) is 22.3. The standard InChI is InChI=1S/C23H31N3O4/c1-16-9-7-11-19(17(16)2)24-21(27)14-25(3)15-22(28)26(4)13-18-10-8-12-20(29-5)23(18)30-6/h7-12H,13-15H2,1-6H3,(H,24,27)/p+1. The Hall–Kier alpha value is -3.06. The lowest BCUT2D eigenvalue weighted by molar-refractivity contribution is -0.862. The van der Waals surface area contributed by atoms with Gasteiger partial charge in [0.05, 0.1) is 21.3 Å². The van der Waals surface area contributed by atoms with E-state index in [-0.39, 0.29) is 24.9 Å². The van der Waals surface area contributed by atoms with E-state index in [9.17, 15) is 9.59 Å². The predicted octanol–water partition coefficient (Wildman–Crippen LogP) is 1.43. The number of quaternary nitrogens is 1. The minimum Gasteiger partial charge on any atom is -0.493 e. The van der Waals surface area contributed by atoms with Crippen LogP contribution in [-0.4, -0.2) is 58.1 Å². The number of carbonyl (C=O) groups is 2. The number of carbonyl (C=O) groups excluding carboxylic acids is 2. The molecule has 0 fully saturated rings. The van der Waals surface area contributed by atoms with Gasteiger partial charge in [0.1, 0.15) is 0 Å². The maximum atomic E-state index is 12.7. The first-order valence-electron chi connectivity index (χ1n) is 9.88. The van der Waals surface area contributed by atoms with Crippen LogP contribution in [0.2, 0.25) is 0 Å². The average Bonchev–Trinajstić information content (AvgIpc) is 2.70. The van der Waals surface area contributed by atoms with E-state index in [1.165, 1.54) is 0 Å². The molecule has 0 saturated carbocycles. The van der Waals surface area contributed by atoms with E-state index >= 15 is 0 Å². The van der Waals surface area contributed by atoms with Crippen molar-refractivity contribution in [2.75, 3.05) is 46.7 Å². The number of amides is 2. The maximum absolute atomic E-state index is 12.7. The average molecular weight is 415 g/mol. The van der Waals surface area contributed by atoms with Gasteiger partial charge in [0.2, 0.25) is 0 Å². The van der Waals surface area contributed by atoms with Crippen LogP contribution in [-0.2, 0) is 16.1 Å². The third kappa shape index (κ3) is 5.97. The molecule has 0 aliphatic rings. The van der Waals surface area contributed by atoms with Crippen molar-refractivity contribution in [2.45, 2.75) is 20.4 Å². The molecule has 7 nitrogen and oxygen atoms in total. The van der Waals surface area contributed by atoms with Gasteiger partial charge in [0.15, 0.2) is 24.6 Å². The molecule has 0 spiro atoms. The number of nitrogens with one attached hydrogen (secondary N) is 2. The van der Waals surface area contributed by atoms with E-state index in [4.69, 9.17) is 9.47 Å². The van der Waals surface area contributed by atoms with E-state index in [2.05, 4.69) is 5.32 Å².